The Morgan fingerprint density at radius 3 is 2.89 bits per heavy atom. The number of nitrogens with zero attached hydrogens (tertiary/aromatic N) is 2. The van der Waals surface area contributed by atoms with Crippen LogP contribution in [0.4, 0.5) is 5.13 Å². The maximum Gasteiger partial charge on any atom is 0.243 e. The lowest BCUT2D eigenvalue weighted by molar-refractivity contribution is -0.118. The molecule has 1 unspecified atom stereocenters. The summed E-state index contributed by atoms with van der Waals surface area (Å²) < 4.78 is 0. The maximum atomic E-state index is 12.0. The Hall–Kier alpha value is -1.50. The Balaban J connectivity index is 0.00000133. The second-order valence-electron chi connectivity index (χ2n) is 4.14. The minimum atomic E-state index is -0.205. The summed E-state index contributed by atoms with van der Waals surface area (Å²) >= 11 is 1.32. The van der Waals surface area contributed by atoms with Gasteiger partial charge in [0.1, 0.15) is 5.51 Å². The van der Waals surface area contributed by atoms with Gasteiger partial charge in [0.15, 0.2) is 0 Å². The molecule has 19 heavy (non-hydrogen) atoms. The molecular formula is C12H13ClN4OS. The summed E-state index contributed by atoms with van der Waals surface area (Å²) in [4.78, 5) is 12.0. The molecule has 0 radical (unpaired) electrons. The van der Waals surface area contributed by atoms with Crippen molar-refractivity contribution in [1.29, 1.82) is 0 Å². The quantitative estimate of drug-likeness (QED) is 0.884. The summed E-state index contributed by atoms with van der Waals surface area (Å²) in [6, 6.07) is 7.97. The van der Waals surface area contributed by atoms with Crippen molar-refractivity contribution < 1.29 is 4.79 Å². The molecule has 2 aromatic rings. The van der Waals surface area contributed by atoms with E-state index in [1.54, 1.807) is 5.51 Å². The van der Waals surface area contributed by atoms with E-state index in [9.17, 15) is 4.79 Å². The highest BCUT2D eigenvalue weighted by atomic mass is 35.5. The van der Waals surface area contributed by atoms with E-state index in [2.05, 4.69) is 33.0 Å². The van der Waals surface area contributed by atoms with Gasteiger partial charge in [-0.15, -0.1) is 22.6 Å². The topological polar surface area (TPSA) is 66.9 Å². The molecule has 0 fully saturated rings. The van der Waals surface area contributed by atoms with Gasteiger partial charge < -0.3 is 5.32 Å². The molecular weight excluding hydrogens is 284 g/mol. The zero-order chi connectivity index (χ0) is 12.4. The van der Waals surface area contributed by atoms with Gasteiger partial charge in [0.25, 0.3) is 0 Å². The average Bonchev–Trinajstić information content (AvgIpc) is 2.91. The molecule has 7 heteroatoms. The van der Waals surface area contributed by atoms with Gasteiger partial charge in [0, 0.05) is 6.54 Å². The summed E-state index contributed by atoms with van der Waals surface area (Å²) in [5.74, 6) is -0.0544. The zero-order valence-corrected chi connectivity index (χ0v) is 11.6. The fourth-order valence-electron chi connectivity index (χ4n) is 2.06. The first-order valence-corrected chi connectivity index (χ1v) is 6.58. The standard InChI is InChI=1S/C12H12N4OS.ClH/c17-11(15-12-16-14-7-18-12)10-5-8-3-1-2-4-9(8)6-13-10;/h1-4,7,10,13H,5-6H2,(H,15,16,17);1H. The number of benzene rings is 1. The van der Waals surface area contributed by atoms with Crippen LogP contribution in [-0.2, 0) is 17.8 Å². The second kappa shape index (κ2) is 6.10. The fraction of sp³-hybridized carbons (Fsp3) is 0.250. The van der Waals surface area contributed by atoms with Gasteiger partial charge >= 0.3 is 0 Å². The summed E-state index contributed by atoms with van der Waals surface area (Å²) in [7, 11) is 0. The van der Waals surface area contributed by atoms with Gasteiger partial charge in [-0.1, -0.05) is 35.6 Å². The number of nitrogens with one attached hydrogen (secondary N) is 2. The van der Waals surface area contributed by atoms with Gasteiger partial charge in [-0.25, -0.2) is 0 Å². The number of amides is 1. The molecule has 1 amide bonds. The Morgan fingerprint density at radius 2 is 2.16 bits per heavy atom. The number of hydrogen-bond donors (Lipinski definition) is 2. The van der Waals surface area contributed by atoms with Gasteiger partial charge in [-0.2, -0.15) is 0 Å². The van der Waals surface area contributed by atoms with Crippen LogP contribution in [0.3, 0.4) is 0 Å². The van der Waals surface area contributed by atoms with Crippen LogP contribution < -0.4 is 10.6 Å². The Labute approximate surface area is 120 Å². The first-order chi connectivity index (χ1) is 8.83. The molecule has 2 heterocycles. The van der Waals surface area contributed by atoms with Crippen molar-refractivity contribution in [1.82, 2.24) is 15.5 Å². The molecule has 0 saturated carbocycles. The van der Waals surface area contributed by atoms with E-state index in [-0.39, 0.29) is 24.4 Å². The molecule has 0 aliphatic carbocycles. The molecule has 0 saturated heterocycles. The monoisotopic (exact) mass is 296 g/mol. The minimum absolute atomic E-state index is 0. The van der Waals surface area contributed by atoms with Crippen LogP contribution in [0, 0.1) is 0 Å². The van der Waals surface area contributed by atoms with Crippen molar-refractivity contribution in [3.8, 4) is 0 Å². The van der Waals surface area contributed by atoms with E-state index in [1.807, 2.05) is 12.1 Å². The van der Waals surface area contributed by atoms with Crippen LogP contribution >= 0.6 is 23.7 Å². The van der Waals surface area contributed by atoms with E-state index < -0.39 is 0 Å². The average molecular weight is 297 g/mol. The number of rotatable bonds is 2. The third-order valence-electron chi connectivity index (χ3n) is 2.99. The molecule has 100 valence electrons. The number of hydrogen-bond acceptors (Lipinski definition) is 5. The largest absolute Gasteiger partial charge is 0.301 e. The summed E-state index contributed by atoms with van der Waals surface area (Å²) in [5.41, 5.74) is 4.09. The summed E-state index contributed by atoms with van der Waals surface area (Å²) in [6.07, 6.45) is 0.709. The predicted molar refractivity (Wildman–Crippen MR) is 76.6 cm³/mol. The number of halogens is 1. The van der Waals surface area contributed by atoms with Gasteiger partial charge in [0.05, 0.1) is 6.04 Å². The van der Waals surface area contributed by atoms with E-state index in [0.717, 1.165) is 6.54 Å². The van der Waals surface area contributed by atoms with Crippen LogP contribution in [0.5, 0.6) is 0 Å². The van der Waals surface area contributed by atoms with Crippen molar-refractivity contribution in [2.45, 2.75) is 19.0 Å². The molecule has 5 nitrogen and oxygen atoms in total. The minimum Gasteiger partial charge on any atom is -0.301 e. The number of fused-ring (bicyclic) bond motifs is 1. The SMILES string of the molecule is Cl.O=C(Nc1nncs1)C1Cc2ccccc2CN1. The van der Waals surface area contributed by atoms with Crippen LogP contribution in [-0.4, -0.2) is 22.1 Å². The van der Waals surface area contributed by atoms with Crippen LogP contribution in [0.15, 0.2) is 29.8 Å². The van der Waals surface area contributed by atoms with Crippen molar-refractivity contribution in [2.75, 3.05) is 5.32 Å². The highest BCUT2D eigenvalue weighted by Gasteiger charge is 2.24. The number of carbonyl (C=O) groups is 1. The first kappa shape index (κ1) is 13.9. The molecule has 2 N–H and O–H groups in total. The van der Waals surface area contributed by atoms with Crippen LogP contribution in [0.2, 0.25) is 0 Å². The number of aromatic nitrogens is 2. The normalized spacial score (nSPS) is 17.2. The summed E-state index contributed by atoms with van der Waals surface area (Å²) in [5, 5.41) is 14.0. The lowest BCUT2D eigenvalue weighted by Gasteiger charge is -2.24. The Bertz CT molecular complexity index is 561. The molecule has 3 rings (SSSR count). The van der Waals surface area contributed by atoms with E-state index >= 15 is 0 Å². The molecule has 0 bridgehead atoms. The molecule has 1 atom stereocenters. The van der Waals surface area contributed by atoms with Crippen molar-refractivity contribution in [3.63, 3.8) is 0 Å². The predicted octanol–water partition coefficient (Wildman–Crippen LogP) is 1.61. The van der Waals surface area contributed by atoms with Crippen LogP contribution in [0.25, 0.3) is 0 Å². The second-order valence-corrected chi connectivity index (χ2v) is 4.97. The van der Waals surface area contributed by atoms with Crippen molar-refractivity contribution in [2.24, 2.45) is 0 Å². The number of anilines is 1. The third kappa shape index (κ3) is 3.09. The fourth-order valence-corrected chi connectivity index (χ4v) is 2.51. The van der Waals surface area contributed by atoms with E-state index in [0.29, 0.717) is 11.6 Å². The maximum absolute atomic E-state index is 12.0. The molecule has 1 aliphatic heterocycles. The van der Waals surface area contributed by atoms with Gasteiger partial charge in [-0.3, -0.25) is 10.1 Å². The lowest BCUT2D eigenvalue weighted by atomic mass is 9.95. The van der Waals surface area contributed by atoms with E-state index in [1.165, 1.54) is 22.5 Å². The Kier molecular flexibility index (Phi) is 4.47. The van der Waals surface area contributed by atoms with E-state index in [4.69, 9.17) is 0 Å². The lowest BCUT2D eigenvalue weighted by Crippen LogP contribution is -2.44. The molecule has 1 aliphatic rings. The Morgan fingerprint density at radius 1 is 1.37 bits per heavy atom. The van der Waals surface area contributed by atoms with Crippen molar-refractivity contribution in [3.05, 3.63) is 40.9 Å². The number of carbonyl (C=O) groups excluding carboxylic acids is 1. The van der Waals surface area contributed by atoms with Gasteiger partial charge in [0.2, 0.25) is 11.0 Å². The van der Waals surface area contributed by atoms with Gasteiger partial charge in [-0.05, 0) is 17.5 Å². The molecule has 1 aromatic carbocycles. The first-order valence-electron chi connectivity index (χ1n) is 5.70. The zero-order valence-electron chi connectivity index (χ0n) is 10.00. The molecule has 0 spiro atoms. The third-order valence-corrected chi connectivity index (χ3v) is 3.59. The smallest absolute Gasteiger partial charge is 0.243 e. The molecule has 1 aromatic heterocycles. The highest BCUT2D eigenvalue weighted by Crippen LogP contribution is 2.17. The van der Waals surface area contributed by atoms with Crippen LogP contribution in [0.1, 0.15) is 11.1 Å². The highest BCUT2D eigenvalue weighted by molar-refractivity contribution is 7.13. The van der Waals surface area contributed by atoms with Crippen molar-refractivity contribution >= 4 is 34.8 Å². The summed E-state index contributed by atoms with van der Waals surface area (Å²) in [6.45, 7) is 0.727.